The molecule has 33 heavy (non-hydrogen) atoms. The Morgan fingerprint density at radius 3 is 2.52 bits per heavy atom. The number of benzene rings is 2. The van der Waals surface area contributed by atoms with Crippen LogP contribution in [0.15, 0.2) is 58.4 Å². The molecule has 1 N–H and O–H groups in total. The van der Waals surface area contributed by atoms with Gasteiger partial charge in [-0.2, -0.15) is 9.78 Å². The van der Waals surface area contributed by atoms with Crippen LogP contribution in [-0.2, 0) is 0 Å². The van der Waals surface area contributed by atoms with Crippen LogP contribution in [0.2, 0.25) is 0 Å². The number of ether oxygens (including phenoxy) is 1. The monoisotopic (exact) mass is 462 g/mol. The summed E-state index contributed by atoms with van der Waals surface area (Å²) >= 11 is 1.48. The number of likely N-dealkylation sites (N-methyl/N-ethyl adjacent to an activating group) is 1. The number of methoxy groups -OCH3 is 1. The zero-order chi connectivity index (χ0) is 22.9. The van der Waals surface area contributed by atoms with Crippen molar-refractivity contribution in [2.24, 2.45) is 5.10 Å². The lowest BCUT2D eigenvalue weighted by Crippen LogP contribution is -2.42. The second kappa shape index (κ2) is 8.84. The summed E-state index contributed by atoms with van der Waals surface area (Å²) in [5, 5.41) is 10.8. The fourth-order valence-electron chi connectivity index (χ4n) is 3.99. The maximum Gasteiger partial charge on any atom is 0.283 e. The Balaban J connectivity index is 1.63. The van der Waals surface area contributed by atoms with E-state index in [-0.39, 0.29) is 5.56 Å². The molecule has 0 unspecified atom stereocenters. The van der Waals surface area contributed by atoms with Gasteiger partial charge in [0.15, 0.2) is 0 Å². The molecule has 0 atom stereocenters. The Morgan fingerprint density at radius 1 is 1.09 bits per heavy atom. The molecule has 1 aliphatic rings. The molecule has 0 aliphatic carbocycles. The van der Waals surface area contributed by atoms with Crippen LogP contribution >= 0.6 is 11.3 Å². The van der Waals surface area contributed by atoms with E-state index in [1.807, 2.05) is 60.5 Å². The van der Waals surface area contributed by atoms with E-state index >= 15 is 0 Å². The van der Waals surface area contributed by atoms with E-state index in [9.17, 15) is 4.79 Å². The van der Waals surface area contributed by atoms with E-state index in [4.69, 9.17) is 9.84 Å². The van der Waals surface area contributed by atoms with Crippen molar-refractivity contribution in [3.8, 4) is 22.1 Å². The fourth-order valence-corrected chi connectivity index (χ4v) is 4.91. The number of hydrazone groups is 1. The van der Waals surface area contributed by atoms with Crippen molar-refractivity contribution in [1.29, 1.82) is 0 Å². The lowest BCUT2D eigenvalue weighted by Gasteiger charge is -2.30. The second-order valence-electron chi connectivity index (χ2n) is 8.14. The predicted octanol–water partition coefficient (Wildman–Crippen LogP) is 3.42. The summed E-state index contributed by atoms with van der Waals surface area (Å²) < 4.78 is 7.87. The Morgan fingerprint density at radius 2 is 1.82 bits per heavy atom. The number of para-hydroxylation sites is 1. The third kappa shape index (κ3) is 4.17. The summed E-state index contributed by atoms with van der Waals surface area (Å²) in [6, 6.07) is 15.6. The lowest BCUT2D eigenvalue weighted by molar-refractivity contribution is 0.159. The number of aromatic amines is 1. The SMILES string of the molecule is COc1ccc(-c2[nH]n(-c3nc4ccccc4s3)c(=O)c2/C(C)=N/N2CCN(C)CC2)cc1. The van der Waals surface area contributed by atoms with Crippen molar-refractivity contribution in [2.45, 2.75) is 6.92 Å². The van der Waals surface area contributed by atoms with Crippen LogP contribution in [0.5, 0.6) is 5.75 Å². The second-order valence-corrected chi connectivity index (χ2v) is 9.15. The Kier molecular flexibility index (Phi) is 5.74. The van der Waals surface area contributed by atoms with E-state index in [0.717, 1.165) is 53.4 Å². The lowest BCUT2D eigenvalue weighted by atomic mass is 10.1. The first kappa shape index (κ1) is 21.4. The van der Waals surface area contributed by atoms with Crippen LogP contribution in [-0.4, -0.2) is 70.7 Å². The van der Waals surface area contributed by atoms with E-state index in [1.54, 1.807) is 7.11 Å². The zero-order valence-electron chi connectivity index (χ0n) is 18.9. The number of hydrogen-bond acceptors (Lipinski definition) is 7. The summed E-state index contributed by atoms with van der Waals surface area (Å²) in [5.41, 5.74) is 3.56. The van der Waals surface area contributed by atoms with Gasteiger partial charge < -0.3 is 9.64 Å². The summed E-state index contributed by atoms with van der Waals surface area (Å²) in [6.07, 6.45) is 0. The van der Waals surface area contributed by atoms with Crippen LogP contribution in [0.25, 0.3) is 26.6 Å². The number of nitrogens with zero attached hydrogens (tertiary/aromatic N) is 5. The molecule has 4 aromatic rings. The van der Waals surface area contributed by atoms with Crippen molar-refractivity contribution in [3.05, 3.63) is 64.4 Å². The van der Waals surface area contributed by atoms with E-state index in [1.165, 1.54) is 16.0 Å². The third-order valence-corrected chi connectivity index (χ3v) is 6.90. The number of rotatable bonds is 5. The first-order valence-corrected chi connectivity index (χ1v) is 11.7. The summed E-state index contributed by atoms with van der Waals surface area (Å²) in [5.74, 6) is 0.760. The average molecular weight is 463 g/mol. The number of thiazole rings is 1. The van der Waals surface area contributed by atoms with Gasteiger partial charge in [-0.25, -0.2) is 4.98 Å². The Labute approximate surface area is 195 Å². The van der Waals surface area contributed by atoms with Gasteiger partial charge in [0.2, 0.25) is 5.13 Å². The molecule has 0 amide bonds. The highest BCUT2D eigenvalue weighted by molar-refractivity contribution is 7.20. The van der Waals surface area contributed by atoms with Crippen LogP contribution < -0.4 is 10.3 Å². The van der Waals surface area contributed by atoms with Gasteiger partial charge in [0.1, 0.15) is 5.75 Å². The van der Waals surface area contributed by atoms with Crippen LogP contribution in [0.4, 0.5) is 0 Å². The van der Waals surface area contributed by atoms with E-state index in [0.29, 0.717) is 16.4 Å². The molecule has 1 saturated heterocycles. The normalized spacial score (nSPS) is 15.4. The van der Waals surface area contributed by atoms with Gasteiger partial charge in [-0.1, -0.05) is 23.5 Å². The summed E-state index contributed by atoms with van der Waals surface area (Å²) in [4.78, 5) is 20.6. The van der Waals surface area contributed by atoms with Crippen molar-refractivity contribution in [3.63, 3.8) is 0 Å². The first-order valence-electron chi connectivity index (χ1n) is 10.9. The van der Waals surface area contributed by atoms with Crippen LogP contribution in [0, 0.1) is 0 Å². The minimum atomic E-state index is -0.157. The third-order valence-electron chi connectivity index (χ3n) is 5.88. The number of nitrogens with one attached hydrogen (secondary N) is 1. The maximum absolute atomic E-state index is 13.7. The molecule has 0 saturated carbocycles. The van der Waals surface area contributed by atoms with Gasteiger partial charge in [0.25, 0.3) is 5.56 Å². The Bertz CT molecular complexity index is 1330. The quantitative estimate of drug-likeness (QED) is 0.460. The van der Waals surface area contributed by atoms with Crippen molar-refractivity contribution < 1.29 is 4.74 Å². The van der Waals surface area contributed by atoms with Crippen LogP contribution in [0.1, 0.15) is 12.5 Å². The van der Waals surface area contributed by atoms with Gasteiger partial charge in [-0.05, 0) is 50.4 Å². The molecular weight excluding hydrogens is 436 g/mol. The van der Waals surface area contributed by atoms with Gasteiger partial charge in [-0.15, -0.1) is 0 Å². The fraction of sp³-hybridized carbons (Fsp3) is 0.292. The Hall–Kier alpha value is -3.43. The minimum absolute atomic E-state index is 0.157. The molecule has 1 aliphatic heterocycles. The highest BCUT2D eigenvalue weighted by atomic mass is 32.1. The largest absolute Gasteiger partial charge is 0.497 e. The van der Waals surface area contributed by atoms with Crippen molar-refractivity contribution >= 4 is 27.3 Å². The maximum atomic E-state index is 13.7. The number of hydrogen-bond donors (Lipinski definition) is 1. The molecule has 2 aromatic carbocycles. The summed E-state index contributed by atoms with van der Waals surface area (Å²) in [7, 11) is 3.75. The van der Waals surface area contributed by atoms with Crippen molar-refractivity contribution in [1.82, 2.24) is 24.7 Å². The number of aromatic nitrogens is 3. The molecule has 0 radical (unpaired) electrons. The number of fused-ring (bicyclic) bond motifs is 1. The van der Waals surface area contributed by atoms with Crippen LogP contribution in [0.3, 0.4) is 0 Å². The predicted molar refractivity (Wildman–Crippen MR) is 133 cm³/mol. The molecule has 0 bridgehead atoms. The number of piperazine rings is 1. The molecule has 2 aromatic heterocycles. The molecule has 9 heteroatoms. The smallest absolute Gasteiger partial charge is 0.283 e. The molecule has 170 valence electrons. The molecule has 5 rings (SSSR count). The van der Waals surface area contributed by atoms with Gasteiger partial charge in [0.05, 0.1) is 34.3 Å². The average Bonchev–Trinajstić information content (AvgIpc) is 3.41. The summed E-state index contributed by atoms with van der Waals surface area (Å²) in [6.45, 7) is 5.47. The van der Waals surface area contributed by atoms with Gasteiger partial charge in [0, 0.05) is 31.7 Å². The topological polar surface area (TPSA) is 78.8 Å². The zero-order valence-corrected chi connectivity index (χ0v) is 19.7. The highest BCUT2D eigenvalue weighted by Gasteiger charge is 2.22. The molecule has 1 fully saturated rings. The number of H-pyrrole nitrogens is 1. The van der Waals surface area contributed by atoms with E-state index < -0.39 is 0 Å². The minimum Gasteiger partial charge on any atom is -0.497 e. The van der Waals surface area contributed by atoms with Gasteiger partial charge in [-0.3, -0.25) is 14.9 Å². The highest BCUT2D eigenvalue weighted by Crippen LogP contribution is 2.27. The molecular formula is C24H26N6O2S. The van der Waals surface area contributed by atoms with Crippen molar-refractivity contribution in [2.75, 3.05) is 40.3 Å². The van der Waals surface area contributed by atoms with Gasteiger partial charge >= 0.3 is 0 Å². The first-order chi connectivity index (χ1) is 16.0. The standard InChI is InChI=1S/C24H26N6O2S/c1-16(26-29-14-12-28(2)13-15-29)21-22(17-8-10-18(32-3)11-9-17)27-30(23(21)31)24-25-19-6-4-5-7-20(19)33-24/h4-11,27H,12-15H2,1-3H3/b26-16+. The molecule has 0 spiro atoms. The molecule has 3 heterocycles. The molecule has 8 nitrogen and oxygen atoms in total. The van der Waals surface area contributed by atoms with E-state index in [2.05, 4.69) is 22.0 Å².